The fraction of sp³-hybridized carbons (Fsp3) is 0.714. The van der Waals surface area contributed by atoms with Crippen LogP contribution >= 0.6 is 35.7 Å². The van der Waals surface area contributed by atoms with E-state index in [9.17, 15) is 0 Å². The Morgan fingerprint density at radius 1 is 1.48 bits per heavy atom. The zero-order chi connectivity index (χ0) is 14.4. The van der Waals surface area contributed by atoms with Crippen molar-refractivity contribution in [1.29, 1.82) is 0 Å². The highest BCUT2D eigenvalue weighted by Crippen LogP contribution is 2.29. The molecule has 120 valence electrons. The molecule has 1 saturated heterocycles. The monoisotopic (exact) mass is 423 g/mol. The van der Waals surface area contributed by atoms with Gasteiger partial charge in [0.15, 0.2) is 5.96 Å². The van der Waals surface area contributed by atoms with Crippen LogP contribution in [-0.2, 0) is 6.54 Å². The Morgan fingerprint density at radius 3 is 2.90 bits per heavy atom. The summed E-state index contributed by atoms with van der Waals surface area (Å²) < 4.78 is 2.36. The number of hydrogen-bond donors (Lipinski definition) is 1. The van der Waals surface area contributed by atoms with Crippen molar-refractivity contribution in [2.24, 2.45) is 4.99 Å². The van der Waals surface area contributed by atoms with Gasteiger partial charge in [0.05, 0.1) is 12.9 Å². The van der Waals surface area contributed by atoms with Crippen molar-refractivity contribution < 1.29 is 0 Å². The maximum absolute atomic E-state index is 4.75. The predicted octanol–water partition coefficient (Wildman–Crippen LogP) is 2.29. The summed E-state index contributed by atoms with van der Waals surface area (Å²) in [5.41, 5.74) is 0. The van der Waals surface area contributed by atoms with Crippen LogP contribution in [0.2, 0.25) is 0 Å². The first-order valence-electron chi connectivity index (χ1n) is 7.24. The average Bonchev–Trinajstić information content (AvgIpc) is 2.90. The summed E-state index contributed by atoms with van der Waals surface area (Å²) in [5, 5.41) is 3.41. The summed E-state index contributed by atoms with van der Waals surface area (Å²) in [5.74, 6) is 2.21. The highest BCUT2D eigenvalue weighted by Gasteiger charge is 2.28. The van der Waals surface area contributed by atoms with Gasteiger partial charge >= 0.3 is 0 Å². The molecule has 0 bridgehead atoms. The zero-order valence-electron chi connectivity index (χ0n) is 13.1. The van der Waals surface area contributed by atoms with Crippen molar-refractivity contribution in [3.05, 3.63) is 18.7 Å². The first-order valence-corrected chi connectivity index (χ1v) is 8.22. The molecule has 1 aromatic rings. The lowest BCUT2D eigenvalue weighted by Crippen LogP contribution is -2.51. The van der Waals surface area contributed by atoms with E-state index < -0.39 is 0 Å². The second-order valence-corrected chi connectivity index (χ2v) is 7.37. The van der Waals surface area contributed by atoms with Crippen molar-refractivity contribution in [1.82, 2.24) is 19.8 Å². The Hall–Kier alpha value is -0.440. The summed E-state index contributed by atoms with van der Waals surface area (Å²) in [6.45, 7) is 11.4. The molecule has 7 heteroatoms. The van der Waals surface area contributed by atoms with Gasteiger partial charge < -0.3 is 14.8 Å². The molecule has 21 heavy (non-hydrogen) atoms. The van der Waals surface area contributed by atoms with Crippen LogP contribution in [0.15, 0.2) is 23.7 Å². The van der Waals surface area contributed by atoms with E-state index in [4.69, 9.17) is 4.99 Å². The van der Waals surface area contributed by atoms with Crippen LogP contribution < -0.4 is 5.32 Å². The molecule has 0 saturated carbocycles. The second-order valence-electron chi connectivity index (χ2n) is 5.57. The van der Waals surface area contributed by atoms with E-state index in [-0.39, 0.29) is 24.0 Å². The molecule has 0 radical (unpaired) electrons. The first-order chi connectivity index (χ1) is 9.61. The smallest absolute Gasteiger partial charge is 0.194 e. The fourth-order valence-corrected chi connectivity index (χ4v) is 3.42. The number of halogens is 1. The molecule has 2 heterocycles. The Labute approximate surface area is 149 Å². The molecule has 0 spiro atoms. The minimum atomic E-state index is 0. The van der Waals surface area contributed by atoms with Crippen LogP contribution in [0.25, 0.3) is 0 Å². The highest BCUT2D eigenvalue weighted by atomic mass is 127. The molecule has 0 aliphatic carbocycles. The number of thioether (sulfide) groups is 1. The Bertz CT molecular complexity index is 433. The zero-order valence-corrected chi connectivity index (χ0v) is 16.2. The normalized spacial score (nSPS) is 18.2. The van der Waals surface area contributed by atoms with Crippen LogP contribution in [0.1, 0.15) is 20.8 Å². The summed E-state index contributed by atoms with van der Waals surface area (Å²) >= 11 is 2.04. The van der Waals surface area contributed by atoms with Gasteiger partial charge in [0.25, 0.3) is 0 Å². The van der Waals surface area contributed by atoms with Crippen molar-refractivity contribution in [3.8, 4) is 0 Å². The Morgan fingerprint density at radius 2 is 2.29 bits per heavy atom. The molecule has 1 aliphatic heterocycles. The molecule has 1 aromatic heterocycles. The Balaban J connectivity index is 0.00000220. The van der Waals surface area contributed by atoms with E-state index in [1.54, 1.807) is 6.20 Å². The SMILES string of the molecule is CCNC(=NCCn1ccnc1)N1CCSC(C)(C)C1.I. The minimum Gasteiger partial charge on any atom is -0.357 e. The van der Waals surface area contributed by atoms with Crippen molar-refractivity contribution in [2.45, 2.75) is 32.1 Å². The summed E-state index contributed by atoms with van der Waals surface area (Å²) in [6, 6.07) is 0. The van der Waals surface area contributed by atoms with E-state index >= 15 is 0 Å². The lowest BCUT2D eigenvalue weighted by Gasteiger charge is -2.39. The van der Waals surface area contributed by atoms with Crippen molar-refractivity contribution in [3.63, 3.8) is 0 Å². The number of guanidine groups is 1. The number of rotatable bonds is 4. The van der Waals surface area contributed by atoms with E-state index in [1.807, 2.05) is 24.3 Å². The third-order valence-electron chi connectivity index (χ3n) is 3.24. The van der Waals surface area contributed by atoms with Gasteiger partial charge in [-0.1, -0.05) is 0 Å². The summed E-state index contributed by atoms with van der Waals surface area (Å²) in [7, 11) is 0. The van der Waals surface area contributed by atoms with Crippen LogP contribution in [0.5, 0.6) is 0 Å². The van der Waals surface area contributed by atoms with Crippen LogP contribution in [-0.4, -0.2) is 57.1 Å². The average molecular weight is 423 g/mol. The number of nitrogens with one attached hydrogen (secondary N) is 1. The summed E-state index contributed by atoms with van der Waals surface area (Å²) in [6.07, 6.45) is 5.62. The number of aliphatic imine (C=N–C) groups is 1. The molecule has 1 fully saturated rings. The number of nitrogens with zero attached hydrogens (tertiary/aromatic N) is 4. The first kappa shape index (κ1) is 18.6. The minimum absolute atomic E-state index is 0. The van der Waals surface area contributed by atoms with Gasteiger partial charge in [-0.2, -0.15) is 11.8 Å². The largest absolute Gasteiger partial charge is 0.357 e. The highest BCUT2D eigenvalue weighted by molar-refractivity contribution is 14.0. The molecule has 0 amide bonds. The van der Waals surface area contributed by atoms with Gasteiger partial charge in [-0.15, -0.1) is 24.0 Å². The number of aromatic nitrogens is 2. The van der Waals surface area contributed by atoms with Gasteiger partial charge in [-0.3, -0.25) is 4.99 Å². The standard InChI is InChI=1S/C14H25N5S.HI/c1-4-16-13(17-6-8-18-7-5-15-12-18)19-9-10-20-14(2,3)11-19;/h5,7,12H,4,6,8-11H2,1-3H3,(H,16,17);1H. The molecule has 1 N–H and O–H groups in total. The maximum Gasteiger partial charge on any atom is 0.194 e. The topological polar surface area (TPSA) is 45.5 Å². The van der Waals surface area contributed by atoms with Crippen molar-refractivity contribution >= 4 is 41.7 Å². The maximum atomic E-state index is 4.75. The third kappa shape index (κ3) is 6.06. The molecule has 0 atom stereocenters. The lowest BCUT2D eigenvalue weighted by atomic mass is 10.2. The Kier molecular flexibility index (Phi) is 7.86. The molecule has 5 nitrogen and oxygen atoms in total. The summed E-state index contributed by atoms with van der Waals surface area (Å²) in [4.78, 5) is 11.2. The van der Waals surface area contributed by atoms with Crippen LogP contribution in [0, 0.1) is 0 Å². The molecule has 2 rings (SSSR count). The predicted molar refractivity (Wildman–Crippen MR) is 102 cm³/mol. The van der Waals surface area contributed by atoms with E-state index in [0.29, 0.717) is 4.75 Å². The molecular weight excluding hydrogens is 397 g/mol. The van der Waals surface area contributed by atoms with E-state index in [2.05, 4.69) is 40.5 Å². The van der Waals surface area contributed by atoms with E-state index in [1.165, 1.54) is 5.75 Å². The van der Waals surface area contributed by atoms with Gasteiger partial charge in [-0.25, -0.2) is 4.98 Å². The number of imidazole rings is 1. The van der Waals surface area contributed by atoms with Crippen molar-refractivity contribution in [2.75, 3.05) is 31.9 Å². The fourth-order valence-electron chi connectivity index (χ4n) is 2.31. The van der Waals surface area contributed by atoms with Crippen LogP contribution in [0.4, 0.5) is 0 Å². The van der Waals surface area contributed by atoms with E-state index in [0.717, 1.165) is 38.7 Å². The van der Waals surface area contributed by atoms with Gasteiger partial charge in [0.2, 0.25) is 0 Å². The molecule has 1 aliphatic rings. The lowest BCUT2D eigenvalue weighted by molar-refractivity contribution is 0.375. The molecular formula is C14H26IN5S. The van der Waals surface area contributed by atoms with Gasteiger partial charge in [-0.05, 0) is 20.8 Å². The van der Waals surface area contributed by atoms with Gasteiger partial charge in [0, 0.05) is 49.1 Å². The molecule has 0 unspecified atom stereocenters. The number of hydrogen-bond acceptors (Lipinski definition) is 3. The van der Waals surface area contributed by atoms with Crippen LogP contribution in [0.3, 0.4) is 0 Å². The third-order valence-corrected chi connectivity index (χ3v) is 4.54. The van der Waals surface area contributed by atoms with Gasteiger partial charge in [0.1, 0.15) is 0 Å². The quantitative estimate of drug-likeness (QED) is 0.459. The second kappa shape index (κ2) is 8.87. The molecule has 0 aromatic carbocycles.